The molecule has 3 heterocycles. The Balaban J connectivity index is 1.95. The standard InChI is InChI=1S/C19H20FN5O/c1-12-11-15(13-3-5-14(20)6-4-13)17(18-21-8-9-22-18)19-23-16(7-10-26-2)24-25(12)19/h3-6,11H,7-10H2,1-2H3,(H,21,22). The maximum atomic E-state index is 13.4. The second-order valence-corrected chi connectivity index (χ2v) is 6.24. The molecule has 1 aliphatic heterocycles. The van der Waals surface area contributed by atoms with E-state index in [1.54, 1.807) is 19.2 Å². The van der Waals surface area contributed by atoms with Gasteiger partial charge in [0.1, 0.15) is 11.7 Å². The topological polar surface area (TPSA) is 63.8 Å². The average molecular weight is 353 g/mol. The molecule has 0 bridgehead atoms. The summed E-state index contributed by atoms with van der Waals surface area (Å²) in [5.41, 5.74) is 4.50. The summed E-state index contributed by atoms with van der Waals surface area (Å²) in [6.45, 7) is 4.07. The molecule has 1 aromatic carbocycles. The first-order valence-corrected chi connectivity index (χ1v) is 8.60. The number of halogens is 1. The summed E-state index contributed by atoms with van der Waals surface area (Å²) in [6.07, 6.45) is 0.642. The number of benzene rings is 1. The fourth-order valence-corrected chi connectivity index (χ4v) is 3.18. The van der Waals surface area contributed by atoms with Crippen molar-refractivity contribution < 1.29 is 9.13 Å². The van der Waals surface area contributed by atoms with E-state index < -0.39 is 0 Å². The molecule has 134 valence electrons. The van der Waals surface area contributed by atoms with Crippen molar-refractivity contribution in [1.82, 2.24) is 19.9 Å². The number of nitrogens with one attached hydrogen (secondary N) is 1. The molecule has 0 amide bonds. The molecule has 0 saturated carbocycles. The molecule has 1 aliphatic rings. The maximum absolute atomic E-state index is 13.4. The number of pyridine rings is 1. The lowest BCUT2D eigenvalue weighted by Crippen LogP contribution is -2.21. The molecular weight excluding hydrogens is 333 g/mol. The number of amidine groups is 1. The van der Waals surface area contributed by atoms with E-state index in [0.717, 1.165) is 52.8 Å². The molecule has 0 radical (unpaired) electrons. The molecule has 0 atom stereocenters. The van der Waals surface area contributed by atoms with E-state index in [2.05, 4.69) is 15.4 Å². The van der Waals surface area contributed by atoms with Crippen LogP contribution in [0.5, 0.6) is 0 Å². The Kier molecular flexibility index (Phi) is 4.38. The normalized spacial score (nSPS) is 13.9. The summed E-state index contributed by atoms with van der Waals surface area (Å²) < 4.78 is 20.4. The number of hydrogen-bond donors (Lipinski definition) is 1. The van der Waals surface area contributed by atoms with Gasteiger partial charge in [0.25, 0.3) is 0 Å². The molecule has 2 aromatic heterocycles. The molecule has 1 N–H and O–H groups in total. The summed E-state index contributed by atoms with van der Waals surface area (Å²) in [7, 11) is 1.66. The van der Waals surface area contributed by atoms with Gasteiger partial charge in [-0.15, -0.1) is 0 Å². The first-order chi connectivity index (χ1) is 12.7. The number of aryl methyl sites for hydroxylation is 1. The van der Waals surface area contributed by atoms with Crippen molar-refractivity contribution in [3.05, 3.63) is 53.2 Å². The predicted molar refractivity (Wildman–Crippen MR) is 98.1 cm³/mol. The van der Waals surface area contributed by atoms with Crippen LogP contribution in [-0.2, 0) is 11.2 Å². The highest BCUT2D eigenvalue weighted by molar-refractivity contribution is 6.10. The Labute approximate surface area is 150 Å². The van der Waals surface area contributed by atoms with Crippen LogP contribution in [0.25, 0.3) is 16.8 Å². The lowest BCUT2D eigenvalue weighted by atomic mass is 9.99. The molecule has 6 nitrogen and oxygen atoms in total. The fourth-order valence-electron chi connectivity index (χ4n) is 3.18. The number of ether oxygens (including phenoxy) is 1. The third kappa shape index (κ3) is 2.94. The Morgan fingerprint density at radius 1 is 1.27 bits per heavy atom. The number of nitrogens with zero attached hydrogens (tertiary/aromatic N) is 4. The highest BCUT2D eigenvalue weighted by atomic mass is 19.1. The van der Waals surface area contributed by atoms with Crippen LogP contribution in [0.2, 0.25) is 0 Å². The minimum atomic E-state index is -0.256. The predicted octanol–water partition coefficient (Wildman–Crippen LogP) is 2.38. The summed E-state index contributed by atoms with van der Waals surface area (Å²) in [6, 6.07) is 8.54. The van der Waals surface area contributed by atoms with Crippen LogP contribution in [0.15, 0.2) is 35.3 Å². The molecular formula is C19H20FN5O. The van der Waals surface area contributed by atoms with Crippen molar-refractivity contribution in [1.29, 1.82) is 0 Å². The Morgan fingerprint density at radius 3 is 2.77 bits per heavy atom. The molecule has 4 rings (SSSR count). The van der Waals surface area contributed by atoms with Crippen LogP contribution >= 0.6 is 0 Å². The van der Waals surface area contributed by atoms with Crippen LogP contribution in [0.3, 0.4) is 0 Å². The number of fused-ring (bicyclic) bond motifs is 1. The van der Waals surface area contributed by atoms with Crippen LogP contribution < -0.4 is 5.32 Å². The number of aromatic nitrogens is 3. The van der Waals surface area contributed by atoms with Gasteiger partial charge in [0, 0.05) is 25.8 Å². The van der Waals surface area contributed by atoms with Gasteiger partial charge in [0.05, 0.1) is 18.7 Å². The molecule has 0 fully saturated rings. The second kappa shape index (κ2) is 6.84. The average Bonchev–Trinajstić information content (AvgIpc) is 3.30. The van der Waals surface area contributed by atoms with E-state index in [1.165, 1.54) is 12.1 Å². The molecule has 0 saturated heterocycles. The number of methoxy groups -OCH3 is 1. The molecule has 0 unspecified atom stereocenters. The molecule has 26 heavy (non-hydrogen) atoms. The summed E-state index contributed by atoms with van der Waals surface area (Å²) in [4.78, 5) is 9.32. The minimum Gasteiger partial charge on any atom is -0.384 e. The second-order valence-electron chi connectivity index (χ2n) is 6.24. The van der Waals surface area contributed by atoms with Crippen LogP contribution in [0.4, 0.5) is 4.39 Å². The van der Waals surface area contributed by atoms with Gasteiger partial charge < -0.3 is 10.1 Å². The van der Waals surface area contributed by atoms with E-state index in [9.17, 15) is 4.39 Å². The van der Waals surface area contributed by atoms with Crippen molar-refractivity contribution in [2.75, 3.05) is 26.8 Å². The monoisotopic (exact) mass is 353 g/mol. The summed E-state index contributed by atoms with van der Waals surface area (Å²) in [5, 5.41) is 7.94. The smallest absolute Gasteiger partial charge is 0.167 e. The maximum Gasteiger partial charge on any atom is 0.167 e. The highest BCUT2D eigenvalue weighted by Gasteiger charge is 2.22. The number of aliphatic imine (C=N–C) groups is 1. The Hall–Kier alpha value is -2.80. The van der Waals surface area contributed by atoms with Gasteiger partial charge >= 0.3 is 0 Å². The van der Waals surface area contributed by atoms with Gasteiger partial charge in [0.15, 0.2) is 11.5 Å². The van der Waals surface area contributed by atoms with Gasteiger partial charge in [-0.3, -0.25) is 4.99 Å². The van der Waals surface area contributed by atoms with E-state index in [0.29, 0.717) is 13.0 Å². The zero-order valence-corrected chi connectivity index (χ0v) is 14.8. The van der Waals surface area contributed by atoms with Crippen molar-refractivity contribution in [3.8, 4) is 11.1 Å². The molecule has 7 heteroatoms. The molecule has 0 aliphatic carbocycles. The first kappa shape index (κ1) is 16.7. The van der Waals surface area contributed by atoms with Crippen molar-refractivity contribution in [3.63, 3.8) is 0 Å². The van der Waals surface area contributed by atoms with E-state index >= 15 is 0 Å². The van der Waals surface area contributed by atoms with Gasteiger partial charge in [-0.25, -0.2) is 13.9 Å². The molecule has 0 spiro atoms. The summed E-state index contributed by atoms with van der Waals surface area (Å²) >= 11 is 0. The lowest BCUT2D eigenvalue weighted by Gasteiger charge is -2.13. The van der Waals surface area contributed by atoms with E-state index in [4.69, 9.17) is 9.72 Å². The van der Waals surface area contributed by atoms with Gasteiger partial charge in [0.2, 0.25) is 0 Å². The van der Waals surface area contributed by atoms with Crippen LogP contribution in [0, 0.1) is 12.7 Å². The third-order valence-corrected chi connectivity index (χ3v) is 4.43. The summed E-state index contributed by atoms with van der Waals surface area (Å²) in [5.74, 6) is 1.28. The Bertz CT molecular complexity index is 978. The minimum absolute atomic E-state index is 0.256. The van der Waals surface area contributed by atoms with Gasteiger partial charge in [-0.2, -0.15) is 5.10 Å². The van der Waals surface area contributed by atoms with Crippen molar-refractivity contribution >= 4 is 11.5 Å². The van der Waals surface area contributed by atoms with Crippen molar-refractivity contribution in [2.24, 2.45) is 4.99 Å². The first-order valence-electron chi connectivity index (χ1n) is 8.60. The van der Waals surface area contributed by atoms with E-state index in [-0.39, 0.29) is 5.82 Å². The number of hydrogen-bond acceptors (Lipinski definition) is 5. The third-order valence-electron chi connectivity index (χ3n) is 4.43. The highest BCUT2D eigenvalue weighted by Crippen LogP contribution is 2.29. The zero-order valence-electron chi connectivity index (χ0n) is 14.8. The van der Waals surface area contributed by atoms with Crippen LogP contribution in [0.1, 0.15) is 17.1 Å². The van der Waals surface area contributed by atoms with Crippen molar-refractivity contribution in [2.45, 2.75) is 13.3 Å². The van der Waals surface area contributed by atoms with Gasteiger partial charge in [-0.05, 0) is 36.2 Å². The van der Waals surface area contributed by atoms with E-state index in [1.807, 2.05) is 17.5 Å². The fraction of sp³-hybridized carbons (Fsp3) is 0.316. The zero-order chi connectivity index (χ0) is 18.1. The molecule has 3 aromatic rings. The lowest BCUT2D eigenvalue weighted by molar-refractivity contribution is 0.200. The SMILES string of the molecule is COCCc1nc2c(C3=NCCN3)c(-c3ccc(F)cc3)cc(C)n2n1. The largest absolute Gasteiger partial charge is 0.384 e. The number of rotatable bonds is 5. The van der Waals surface area contributed by atoms with Crippen LogP contribution in [-0.4, -0.2) is 47.2 Å². The van der Waals surface area contributed by atoms with Gasteiger partial charge in [-0.1, -0.05) is 12.1 Å². The Morgan fingerprint density at radius 2 is 2.08 bits per heavy atom. The quantitative estimate of drug-likeness (QED) is 0.765.